The standard InChI is InChI=1S/C11H15NO2S/c1-3-14-11(13)10-12-8-6-4-5-7(2)9(8)15-10/h7H,3-6H2,1-2H3. The number of thiazole rings is 1. The number of aryl methyl sites for hydroxylation is 1. The number of carbonyl (C=O) groups is 1. The van der Waals surface area contributed by atoms with Crippen molar-refractivity contribution >= 4 is 17.3 Å². The lowest BCUT2D eigenvalue weighted by Gasteiger charge is -2.15. The summed E-state index contributed by atoms with van der Waals surface area (Å²) in [6.45, 7) is 4.43. The topological polar surface area (TPSA) is 39.2 Å². The van der Waals surface area contributed by atoms with E-state index in [0.717, 1.165) is 12.1 Å². The molecule has 0 spiro atoms. The summed E-state index contributed by atoms with van der Waals surface area (Å²) in [7, 11) is 0. The van der Waals surface area contributed by atoms with Gasteiger partial charge in [-0.3, -0.25) is 0 Å². The summed E-state index contributed by atoms with van der Waals surface area (Å²) in [5.41, 5.74) is 1.11. The molecule has 3 nitrogen and oxygen atoms in total. The van der Waals surface area contributed by atoms with Crippen molar-refractivity contribution in [2.24, 2.45) is 0 Å². The molecule has 0 bridgehead atoms. The third-order valence-electron chi connectivity index (χ3n) is 2.68. The molecule has 1 aromatic rings. The van der Waals surface area contributed by atoms with Crippen LogP contribution in [-0.2, 0) is 11.2 Å². The van der Waals surface area contributed by atoms with Crippen molar-refractivity contribution in [1.29, 1.82) is 0 Å². The number of ether oxygens (including phenoxy) is 1. The van der Waals surface area contributed by atoms with Gasteiger partial charge in [-0.2, -0.15) is 0 Å². The molecule has 2 rings (SSSR count). The quantitative estimate of drug-likeness (QED) is 0.726. The average Bonchev–Trinajstić information content (AvgIpc) is 2.63. The highest BCUT2D eigenvalue weighted by Gasteiger charge is 2.23. The first-order chi connectivity index (χ1) is 7.22. The molecular formula is C11H15NO2S. The lowest BCUT2D eigenvalue weighted by atomic mass is 9.94. The number of hydrogen-bond acceptors (Lipinski definition) is 4. The number of fused-ring (bicyclic) bond motifs is 1. The van der Waals surface area contributed by atoms with Gasteiger partial charge >= 0.3 is 5.97 Å². The molecule has 0 amide bonds. The van der Waals surface area contributed by atoms with Crippen molar-refractivity contribution in [3.63, 3.8) is 0 Å². The average molecular weight is 225 g/mol. The second kappa shape index (κ2) is 4.31. The Hall–Kier alpha value is -0.900. The van der Waals surface area contributed by atoms with E-state index < -0.39 is 0 Å². The molecule has 1 heterocycles. The van der Waals surface area contributed by atoms with Crippen molar-refractivity contribution < 1.29 is 9.53 Å². The predicted molar refractivity (Wildman–Crippen MR) is 59.4 cm³/mol. The smallest absolute Gasteiger partial charge is 0.367 e. The molecule has 82 valence electrons. The van der Waals surface area contributed by atoms with Gasteiger partial charge in [0.2, 0.25) is 5.01 Å². The molecule has 1 unspecified atom stereocenters. The number of nitrogens with zero attached hydrogens (tertiary/aromatic N) is 1. The maximum absolute atomic E-state index is 11.5. The van der Waals surface area contributed by atoms with Crippen LogP contribution in [0.2, 0.25) is 0 Å². The predicted octanol–water partition coefficient (Wildman–Crippen LogP) is 2.76. The summed E-state index contributed by atoms with van der Waals surface area (Å²) in [6, 6.07) is 0. The zero-order chi connectivity index (χ0) is 10.8. The Kier molecular flexibility index (Phi) is 3.05. The first-order valence-electron chi connectivity index (χ1n) is 5.39. The summed E-state index contributed by atoms with van der Waals surface area (Å²) >= 11 is 1.51. The van der Waals surface area contributed by atoms with Gasteiger partial charge in [-0.1, -0.05) is 6.92 Å². The van der Waals surface area contributed by atoms with E-state index in [9.17, 15) is 4.79 Å². The van der Waals surface area contributed by atoms with Crippen LogP contribution in [-0.4, -0.2) is 17.6 Å². The fourth-order valence-corrected chi connectivity index (χ4v) is 3.01. The van der Waals surface area contributed by atoms with E-state index in [1.807, 2.05) is 6.92 Å². The van der Waals surface area contributed by atoms with Crippen LogP contribution >= 0.6 is 11.3 Å². The molecular weight excluding hydrogens is 210 g/mol. The van der Waals surface area contributed by atoms with Gasteiger partial charge in [-0.05, 0) is 32.1 Å². The van der Waals surface area contributed by atoms with E-state index in [0.29, 0.717) is 17.5 Å². The molecule has 0 N–H and O–H groups in total. The molecule has 1 aliphatic rings. The van der Waals surface area contributed by atoms with E-state index in [1.54, 1.807) is 0 Å². The molecule has 0 aliphatic heterocycles. The first kappa shape index (κ1) is 10.6. The molecule has 15 heavy (non-hydrogen) atoms. The number of hydrogen-bond donors (Lipinski definition) is 0. The van der Waals surface area contributed by atoms with Crippen LogP contribution in [0.3, 0.4) is 0 Å². The van der Waals surface area contributed by atoms with Crippen LogP contribution in [0.15, 0.2) is 0 Å². The third-order valence-corrected chi connectivity index (χ3v) is 3.99. The van der Waals surface area contributed by atoms with E-state index in [-0.39, 0.29) is 5.97 Å². The Morgan fingerprint density at radius 1 is 1.67 bits per heavy atom. The highest BCUT2D eigenvalue weighted by atomic mass is 32.1. The van der Waals surface area contributed by atoms with Gasteiger partial charge in [0.15, 0.2) is 0 Å². The molecule has 0 radical (unpaired) electrons. The van der Waals surface area contributed by atoms with Gasteiger partial charge in [0.05, 0.1) is 12.3 Å². The Balaban J connectivity index is 2.25. The normalized spacial score (nSPS) is 19.7. The number of esters is 1. The van der Waals surface area contributed by atoms with Crippen molar-refractivity contribution in [1.82, 2.24) is 4.98 Å². The fourth-order valence-electron chi connectivity index (χ4n) is 1.91. The lowest BCUT2D eigenvalue weighted by Crippen LogP contribution is -2.05. The van der Waals surface area contributed by atoms with Crippen LogP contribution in [0.1, 0.15) is 53.0 Å². The second-order valence-corrected chi connectivity index (χ2v) is 4.87. The van der Waals surface area contributed by atoms with Crippen LogP contribution in [0.5, 0.6) is 0 Å². The molecule has 0 saturated heterocycles. The van der Waals surface area contributed by atoms with E-state index in [4.69, 9.17) is 4.74 Å². The Morgan fingerprint density at radius 2 is 2.47 bits per heavy atom. The van der Waals surface area contributed by atoms with E-state index in [1.165, 1.54) is 29.1 Å². The monoisotopic (exact) mass is 225 g/mol. The number of aromatic nitrogens is 1. The minimum Gasteiger partial charge on any atom is -0.461 e. The van der Waals surface area contributed by atoms with Gasteiger partial charge in [-0.25, -0.2) is 9.78 Å². The zero-order valence-corrected chi connectivity index (χ0v) is 9.89. The minimum atomic E-state index is -0.274. The maximum atomic E-state index is 11.5. The molecule has 1 atom stereocenters. The summed E-state index contributed by atoms with van der Waals surface area (Å²) in [5.74, 6) is 0.276. The van der Waals surface area contributed by atoms with Crippen molar-refractivity contribution in [2.75, 3.05) is 6.61 Å². The molecule has 1 aliphatic carbocycles. The summed E-state index contributed by atoms with van der Waals surface area (Å²) in [6.07, 6.45) is 3.40. The van der Waals surface area contributed by atoms with Gasteiger partial charge < -0.3 is 4.74 Å². The summed E-state index contributed by atoms with van der Waals surface area (Å²) in [4.78, 5) is 17.1. The largest absolute Gasteiger partial charge is 0.461 e. The zero-order valence-electron chi connectivity index (χ0n) is 9.08. The van der Waals surface area contributed by atoms with Gasteiger partial charge in [0.1, 0.15) is 0 Å². The molecule has 0 aromatic carbocycles. The third kappa shape index (κ3) is 2.04. The van der Waals surface area contributed by atoms with Crippen molar-refractivity contribution in [2.45, 2.75) is 39.0 Å². The van der Waals surface area contributed by atoms with Crippen LogP contribution < -0.4 is 0 Å². The fraction of sp³-hybridized carbons (Fsp3) is 0.636. The van der Waals surface area contributed by atoms with Crippen molar-refractivity contribution in [3.8, 4) is 0 Å². The highest BCUT2D eigenvalue weighted by Crippen LogP contribution is 2.35. The van der Waals surface area contributed by atoms with Crippen LogP contribution in [0, 0.1) is 0 Å². The number of rotatable bonds is 2. The Labute approximate surface area is 93.5 Å². The highest BCUT2D eigenvalue weighted by molar-refractivity contribution is 7.13. The SMILES string of the molecule is CCOC(=O)c1nc2c(s1)C(C)CCC2. The van der Waals surface area contributed by atoms with Crippen LogP contribution in [0.4, 0.5) is 0 Å². The first-order valence-corrected chi connectivity index (χ1v) is 6.20. The van der Waals surface area contributed by atoms with Crippen LogP contribution in [0.25, 0.3) is 0 Å². The Bertz CT molecular complexity index is 373. The summed E-state index contributed by atoms with van der Waals surface area (Å²) in [5, 5.41) is 0.524. The Morgan fingerprint density at radius 3 is 3.13 bits per heavy atom. The maximum Gasteiger partial charge on any atom is 0.367 e. The molecule has 1 aromatic heterocycles. The van der Waals surface area contributed by atoms with Gasteiger partial charge in [-0.15, -0.1) is 11.3 Å². The summed E-state index contributed by atoms with van der Waals surface area (Å²) < 4.78 is 4.95. The minimum absolute atomic E-state index is 0.274. The molecule has 4 heteroatoms. The second-order valence-electron chi connectivity index (χ2n) is 3.84. The van der Waals surface area contributed by atoms with Gasteiger partial charge in [0.25, 0.3) is 0 Å². The lowest BCUT2D eigenvalue weighted by molar-refractivity contribution is 0.0525. The molecule has 0 fully saturated rings. The van der Waals surface area contributed by atoms with Gasteiger partial charge in [0, 0.05) is 4.88 Å². The van der Waals surface area contributed by atoms with E-state index in [2.05, 4.69) is 11.9 Å². The molecule has 0 saturated carbocycles. The number of carbonyl (C=O) groups excluding carboxylic acids is 1. The van der Waals surface area contributed by atoms with E-state index >= 15 is 0 Å². The van der Waals surface area contributed by atoms with Crippen molar-refractivity contribution in [3.05, 3.63) is 15.6 Å².